The van der Waals surface area contributed by atoms with Crippen LogP contribution in [0.2, 0.25) is 0 Å². The highest BCUT2D eigenvalue weighted by Gasteiger charge is 2.36. The number of carbonyl (C=O) groups is 1. The third-order valence-electron chi connectivity index (χ3n) is 3.56. The second-order valence-electron chi connectivity index (χ2n) is 5.59. The van der Waals surface area contributed by atoms with Gasteiger partial charge in [0.15, 0.2) is 9.84 Å². The van der Waals surface area contributed by atoms with Crippen LogP contribution in [0.1, 0.15) is 31.2 Å². The van der Waals surface area contributed by atoms with Crippen LogP contribution in [0, 0.1) is 0 Å². The van der Waals surface area contributed by atoms with Gasteiger partial charge in [-0.1, -0.05) is 25.0 Å². The molecule has 3 N–H and O–H groups in total. The summed E-state index contributed by atoms with van der Waals surface area (Å²) < 4.78 is 22.6. The highest BCUT2D eigenvalue weighted by atomic mass is 32.2. The zero-order valence-electron chi connectivity index (χ0n) is 11.6. The van der Waals surface area contributed by atoms with Gasteiger partial charge in [0.25, 0.3) is 0 Å². The zero-order chi connectivity index (χ0) is 14.8. The van der Waals surface area contributed by atoms with Crippen molar-refractivity contribution in [2.24, 2.45) is 5.73 Å². The summed E-state index contributed by atoms with van der Waals surface area (Å²) in [6.45, 7) is 0. The van der Waals surface area contributed by atoms with Crippen molar-refractivity contribution >= 4 is 21.4 Å². The van der Waals surface area contributed by atoms with Crippen molar-refractivity contribution in [2.75, 3.05) is 11.6 Å². The third-order valence-corrected chi connectivity index (χ3v) is 4.42. The van der Waals surface area contributed by atoms with Gasteiger partial charge in [0.05, 0.1) is 11.3 Å². The average Bonchev–Trinajstić information content (AvgIpc) is 2.76. The first kappa shape index (κ1) is 15.0. The van der Waals surface area contributed by atoms with Crippen LogP contribution in [0.5, 0.6) is 0 Å². The molecule has 1 amide bonds. The van der Waals surface area contributed by atoms with E-state index in [2.05, 4.69) is 5.32 Å². The molecule has 0 saturated heterocycles. The fourth-order valence-electron chi connectivity index (χ4n) is 2.53. The molecule has 1 aliphatic rings. The summed E-state index contributed by atoms with van der Waals surface area (Å²) in [5.41, 5.74) is 6.54. The molecule has 0 radical (unpaired) electrons. The molecule has 1 aliphatic carbocycles. The fourth-order valence-corrected chi connectivity index (χ4v) is 3.32. The first-order valence-corrected chi connectivity index (χ1v) is 8.72. The maximum Gasteiger partial charge on any atom is 0.244 e. The summed E-state index contributed by atoms with van der Waals surface area (Å²) in [5.74, 6) is -0.226. The molecule has 2 rings (SSSR count). The van der Waals surface area contributed by atoms with Crippen molar-refractivity contribution in [1.82, 2.24) is 0 Å². The number of hydrogen-bond donors (Lipinski definition) is 2. The second-order valence-corrected chi connectivity index (χ2v) is 7.73. The van der Waals surface area contributed by atoms with Crippen molar-refractivity contribution in [1.29, 1.82) is 0 Å². The Bertz CT molecular complexity index is 605. The number of carbonyl (C=O) groups excluding carboxylic acids is 1. The van der Waals surface area contributed by atoms with Gasteiger partial charge in [-0.25, -0.2) is 8.42 Å². The minimum Gasteiger partial charge on any atom is -0.324 e. The Morgan fingerprint density at radius 3 is 2.60 bits per heavy atom. The van der Waals surface area contributed by atoms with Crippen LogP contribution in [0.25, 0.3) is 0 Å². The van der Waals surface area contributed by atoms with Crippen LogP contribution in [-0.4, -0.2) is 26.1 Å². The lowest BCUT2D eigenvalue weighted by atomic mass is 9.98. The predicted molar refractivity (Wildman–Crippen MR) is 79.0 cm³/mol. The summed E-state index contributed by atoms with van der Waals surface area (Å²) in [7, 11) is -3.09. The molecule has 0 unspecified atom stereocenters. The van der Waals surface area contributed by atoms with Gasteiger partial charge in [-0.2, -0.15) is 0 Å². The molecule has 1 aromatic rings. The minimum atomic E-state index is -3.09. The Labute approximate surface area is 119 Å². The molecule has 1 saturated carbocycles. The van der Waals surface area contributed by atoms with E-state index in [0.717, 1.165) is 12.8 Å². The van der Waals surface area contributed by atoms with Crippen molar-refractivity contribution in [3.05, 3.63) is 29.8 Å². The van der Waals surface area contributed by atoms with Gasteiger partial charge in [-0.05, 0) is 30.5 Å². The van der Waals surface area contributed by atoms with Crippen LogP contribution < -0.4 is 11.1 Å². The lowest BCUT2D eigenvalue weighted by Crippen LogP contribution is -2.48. The van der Waals surface area contributed by atoms with Crippen molar-refractivity contribution in [3.63, 3.8) is 0 Å². The highest BCUT2D eigenvalue weighted by Crippen LogP contribution is 2.28. The Morgan fingerprint density at radius 1 is 1.35 bits per heavy atom. The predicted octanol–water partition coefficient (Wildman–Crippen LogP) is 1.44. The fraction of sp³-hybridized carbons (Fsp3) is 0.500. The molecule has 0 heterocycles. The van der Waals surface area contributed by atoms with Gasteiger partial charge in [0.2, 0.25) is 5.91 Å². The third kappa shape index (κ3) is 3.80. The maximum atomic E-state index is 12.2. The maximum absolute atomic E-state index is 12.2. The summed E-state index contributed by atoms with van der Waals surface area (Å²) in [6.07, 6.45) is 4.52. The van der Waals surface area contributed by atoms with E-state index >= 15 is 0 Å². The molecule has 0 spiro atoms. The Morgan fingerprint density at radius 2 is 2.00 bits per heavy atom. The van der Waals surface area contributed by atoms with E-state index in [9.17, 15) is 13.2 Å². The summed E-state index contributed by atoms with van der Waals surface area (Å²) in [6, 6.07) is 6.87. The molecule has 1 fully saturated rings. The molecule has 0 aliphatic heterocycles. The van der Waals surface area contributed by atoms with Crippen LogP contribution >= 0.6 is 0 Å². The van der Waals surface area contributed by atoms with Gasteiger partial charge < -0.3 is 11.1 Å². The molecular formula is C14H20N2O3S. The minimum absolute atomic E-state index is 0.0372. The number of anilines is 1. The van der Waals surface area contributed by atoms with Crippen LogP contribution in [0.15, 0.2) is 24.3 Å². The van der Waals surface area contributed by atoms with Crippen LogP contribution in [0.3, 0.4) is 0 Å². The number of benzene rings is 1. The lowest BCUT2D eigenvalue weighted by molar-refractivity contribution is -0.121. The average molecular weight is 296 g/mol. The summed E-state index contributed by atoms with van der Waals surface area (Å²) >= 11 is 0. The Hall–Kier alpha value is -1.40. The van der Waals surface area contributed by atoms with Gasteiger partial charge >= 0.3 is 0 Å². The second kappa shape index (κ2) is 5.54. The molecule has 0 atom stereocenters. The molecule has 1 aromatic carbocycles. The number of nitrogens with two attached hydrogens (primary N) is 1. The number of rotatable bonds is 4. The van der Waals surface area contributed by atoms with Crippen molar-refractivity contribution in [2.45, 2.75) is 37.0 Å². The molecule has 5 nitrogen and oxygen atoms in total. The molecule has 0 aromatic heterocycles. The van der Waals surface area contributed by atoms with E-state index in [1.807, 2.05) is 0 Å². The first-order valence-electron chi connectivity index (χ1n) is 6.66. The number of nitrogens with one attached hydrogen (secondary N) is 1. The zero-order valence-corrected chi connectivity index (χ0v) is 12.4. The largest absolute Gasteiger partial charge is 0.324 e. The molecule has 110 valence electrons. The van der Waals surface area contributed by atoms with Gasteiger partial charge in [-0.3, -0.25) is 4.79 Å². The SMILES string of the molecule is CS(=O)(=O)Cc1cccc(NC(=O)C2(N)CCCC2)c1. The topological polar surface area (TPSA) is 89.3 Å². The van der Waals surface area contributed by atoms with E-state index in [-0.39, 0.29) is 11.7 Å². The van der Waals surface area contributed by atoms with Crippen LogP contribution in [0.4, 0.5) is 5.69 Å². The van der Waals surface area contributed by atoms with Crippen molar-refractivity contribution in [3.8, 4) is 0 Å². The summed E-state index contributed by atoms with van der Waals surface area (Å²) in [4.78, 5) is 12.2. The molecule has 20 heavy (non-hydrogen) atoms. The first-order chi connectivity index (χ1) is 9.28. The number of hydrogen-bond acceptors (Lipinski definition) is 4. The highest BCUT2D eigenvalue weighted by molar-refractivity contribution is 7.89. The van der Waals surface area contributed by atoms with E-state index in [1.165, 1.54) is 6.26 Å². The smallest absolute Gasteiger partial charge is 0.244 e. The molecule has 6 heteroatoms. The van der Waals surface area contributed by atoms with Crippen molar-refractivity contribution < 1.29 is 13.2 Å². The quantitative estimate of drug-likeness (QED) is 0.880. The number of sulfone groups is 1. The normalized spacial score (nSPS) is 17.9. The van der Waals surface area contributed by atoms with Gasteiger partial charge in [-0.15, -0.1) is 0 Å². The van der Waals surface area contributed by atoms with E-state index < -0.39 is 15.4 Å². The Balaban J connectivity index is 2.10. The number of amides is 1. The lowest BCUT2D eigenvalue weighted by Gasteiger charge is -2.22. The van der Waals surface area contributed by atoms with E-state index in [4.69, 9.17) is 5.73 Å². The van der Waals surface area contributed by atoms with Gasteiger partial charge in [0.1, 0.15) is 0 Å². The standard InChI is InChI=1S/C14H20N2O3S/c1-20(18,19)10-11-5-4-6-12(9-11)16-13(17)14(15)7-2-3-8-14/h4-6,9H,2-3,7-8,10,15H2,1H3,(H,16,17). The van der Waals surface area contributed by atoms with Gasteiger partial charge in [0, 0.05) is 11.9 Å². The van der Waals surface area contributed by atoms with Crippen LogP contribution in [-0.2, 0) is 20.4 Å². The molecule has 0 bridgehead atoms. The Kier molecular flexibility index (Phi) is 4.15. The molecular weight excluding hydrogens is 276 g/mol. The monoisotopic (exact) mass is 296 g/mol. The summed E-state index contributed by atoms with van der Waals surface area (Å²) in [5, 5.41) is 2.79. The van der Waals surface area contributed by atoms with E-state index in [0.29, 0.717) is 24.1 Å². The van der Waals surface area contributed by atoms with E-state index in [1.54, 1.807) is 24.3 Å².